The molecule has 0 aromatic rings. The molecule has 0 aromatic heterocycles. The molecule has 0 heterocycles. The second-order valence-corrected chi connectivity index (χ2v) is 4.14. The fraction of sp³-hybridized carbons (Fsp3) is 0.909. The molecule has 2 atom stereocenters. The summed E-state index contributed by atoms with van der Waals surface area (Å²) in [5, 5.41) is 0. The van der Waals surface area contributed by atoms with Gasteiger partial charge >= 0.3 is 12.1 Å². The Labute approximate surface area is 99.9 Å². The first-order valence-corrected chi connectivity index (χ1v) is 5.61. The minimum Gasteiger partial charge on any atom is -0.469 e. The lowest BCUT2D eigenvalue weighted by Gasteiger charge is -2.32. The zero-order valence-electron chi connectivity index (χ0n) is 10.7. The summed E-state index contributed by atoms with van der Waals surface area (Å²) >= 11 is 0. The van der Waals surface area contributed by atoms with Crippen molar-refractivity contribution >= 4 is 5.97 Å². The standard InChI is InChI=1S/C11H20F3NO2/c1-5-6-15(7-11(12,13)14)9(3)8(2)10(16)17-4/h8-9H,5-7H2,1-4H3. The van der Waals surface area contributed by atoms with E-state index in [9.17, 15) is 18.0 Å². The van der Waals surface area contributed by atoms with Gasteiger partial charge in [-0.15, -0.1) is 0 Å². The van der Waals surface area contributed by atoms with Crippen molar-refractivity contribution in [3.8, 4) is 0 Å². The number of carbonyl (C=O) groups is 1. The van der Waals surface area contributed by atoms with E-state index in [1.165, 1.54) is 12.0 Å². The maximum atomic E-state index is 12.4. The third-order valence-corrected chi connectivity index (χ3v) is 2.77. The number of halogens is 3. The fourth-order valence-corrected chi connectivity index (χ4v) is 1.64. The van der Waals surface area contributed by atoms with Crippen molar-refractivity contribution in [3.63, 3.8) is 0 Å². The number of methoxy groups -OCH3 is 1. The first kappa shape index (κ1) is 16.2. The van der Waals surface area contributed by atoms with Crippen LogP contribution in [0.3, 0.4) is 0 Å². The van der Waals surface area contributed by atoms with Gasteiger partial charge in [-0.3, -0.25) is 9.69 Å². The van der Waals surface area contributed by atoms with Crippen molar-refractivity contribution in [2.45, 2.75) is 39.4 Å². The minimum atomic E-state index is -4.25. The molecule has 0 amide bonds. The van der Waals surface area contributed by atoms with Gasteiger partial charge in [0, 0.05) is 6.04 Å². The van der Waals surface area contributed by atoms with E-state index in [1.54, 1.807) is 20.8 Å². The zero-order chi connectivity index (χ0) is 13.6. The van der Waals surface area contributed by atoms with Crippen LogP contribution in [-0.2, 0) is 9.53 Å². The van der Waals surface area contributed by atoms with Crippen LogP contribution in [0.15, 0.2) is 0 Å². The molecule has 0 aromatic carbocycles. The van der Waals surface area contributed by atoms with Crippen molar-refractivity contribution in [2.75, 3.05) is 20.2 Å². The van der Waals surface area contributed by atoms with Crippen molar-refractivity contribution < 1.29 is 22.7 Å². The fourth-order valence-electron chi connectivity index (χ4n) is 1.64. The molecular formula is C11H20F3NO2. The second kappa shape index (κ2) is 6.83. The van der Waals surface area contributed by atoms with Gasteiger partial charge in [-0.2, -0.15) is 13.2 Å². The van der Waals surface area contributed by atoms with Gasteiger partial charge in [0.1, 0.15) is 0 Å². The predicted octanol–water partition coefficient (Wildman–Crippen LogP) is 2.46. The quantitative estimate of drug-likeness (QED) is 0.683. The molecule has 17 heavy (non-hydrogen) atoms. The van der Waals surface area contributed by atoms with Crippen LogP contribution in [0, 0.1) is 5.92 Å². The summed E-state index contributed by atoms with van der Waals surface area (Å²) in [5.41, 5.74) is 0. The summed E-state index contributed by atoms with van der Waals surface area (Å²) in [4.78, 5) is 12.6. The van der Waals surface area contributed by atoms with Gasteiger partial charge in [0.05, 0.1) is 19.6 Å². The Morgan fingerprint density at radius 1 is 1.35 bits per heavy atom. The summed E-state index contributed by atoms with van der Waals surface area (Å²) < 4.78 is 41.7. The Morgan fingerprint density at radius 3 is 2.24 bits per heavy atom. The number of ether oxygens (including phenoxy) is 1. The summed E-state index contributed by atoms with van der Waals surface area (Å²) in [6.07, 6.45) is -3.65. The third kappa shape index (κ3) is 5.91. The van der Waals surface area contributed by atoms with Crippen molar-refractivity contribution in [1.82, 2.24) is 4.90 Å². The van der Waals surface area contributed by atoms with Crippen LogP contribution < -0.4 is 0 Å². The van der Waals surface area contributed by atoms with Crippen LogP contribution in [-0.4, -0.2) is 43.3 Å². The van der Waals surface area contributed by atoms with Crippen molar-refractivity contribution in [3.05, 3.63) is 0 Å². The average molecular weight is 255 g/mol. The van der Waals surface area contributed by atoms with E-state index in [2.05, 4.69) is 4.74 Å². The first-order valence-electron chi connectivity index (χ1n) is 5.61. The highest BCUT2D eigenvalue weighted by atomic mass is 19.4. The van der Waals surface area contributed by atoms with Crippen LogP contribution in [0.2, 0.25) is 0 Å². The normalized spacial score (nSPS) is 15.8. The van der Waals surface area contributed by atoms with Crippen LogP contribution in [0.1, 0.15) is 27.2 Å². The Morgan fingerprint density at radius 2 is 1.88 bits per heavy atom. The Balaban J connectivity index is 4.63. The molecule has 0 aliphatic rings. The highest BCUT2D eigenvalue weighted by Gasteiger charge is 2.35. The van der Waals surface area contributed by atoms with E-state index in [0.717, 1.165) is 0 Å². The van der Waals surface area contributed by atoms with E-state index < -0.39 is 30.7 Å². The summed E-state index contributed by atoms with van der Waals surface area (Å²) in [6, 6.07) is -0.496. The minimum absolute atomic E-state index is 0.308. The SMILES string of the molecule is CCCN(CC(F)(F)F)C(C)C(C)C(=O)OC. The van der Waals surface area contributed by atoms with E-state index >= 15 is 0 Å². The molecule has 2 unspecified atom stereocenters. The molecule has 0 fully saturated rings. The van der Waals surface area contributed by atoms with E-state index in [4.69, 9.17) is 0 Å². The summed E-state index contributed by atoms with van der Waals surface area (Å²) in [5.74, 6) is -1.06. The molecular weight excluding hydrogens is 235 g/mol. The molecule has 0 radical (unpaired) electrons. The van der Waals surface area contributed by atoms with Gasteiger partial charge in [0.25, 0.3) is 0 Å². The van der Waals surface area contributed by atoms with E-state index in [1.807, 2.05) is 0 Å². The molecule has 0 N–H and O–H groups in total. The molecule has 0 aliphatic carbocycles. The Bertz CT molecular complexity index is 243. The molecule has 0 rings (SSSR count). The second-order valence-electron chi connectivity index (χ2n) is 4.14. The molecule has 3 nitrogen and oxygen atoms in total. The Hall–Kier alpha value is -0.780. The highest BCUT2D eigenvalue weighted by Crippen LogP contribution is 2.21. The van der Waals surface area contributed by atoms with Crippen molar-refractivity contribution in [1.29, 1.82) is 0 Å². The number of nitrogens with zero attached hydrogens (tertiary/aromatic N) is 1. The van der Waals surface area contributed by atoms with Crippen LogP contribution >= 0.6 is 0 Å². The van der Waals surface area contributed by atoms with Crippen LogP contribution in [0.25, 0.3) is 0 Å². The molecule has 0 bridgehead atoms. The average Bonchev–Trinajstić information content (AvgIpc) is 2.23. The van der Waals surface area contributed by atoms with Gasteiger partial charge in [0.15, 0.2) is 0 Å². The Kier molecular flexibility index (Phi) is 6.52. The lowest BCUT2D eigenvalue weighted by Crippen LogP contribution is -2.45. The predicted molar refractivity (Wildman–Crippen MR) is 58.6 cm³/mol. The molecule has 0 saturated heterocycles. The number of hydrogen-bond acceptors (Lipinski definition) is 3. The highest BCUT2D eigenvalue weighted by molar-refractivity contribution is 5.72. The molecule has 0 saturated carbocycles. The van der Waals surface area contributed by atoms with Crippen LogP contribution in [0.4, 0.5) is 13.2 Å². The number of hydrogen-bond donors (Lipinski definition) is 0. The van der Waals surface area contributed by atoms with Gasteiger partial charge in [0.2, 0.25) is 0 Å². The number of alkyl halides is 3. The number of esters is 1. The van der Waals surface area contributed by atoms with Crippen LogP contribution in [0.5, 0.6) is 0 Å². The number of rotatable bonds is 6. The number of carbonyl (C=O) groups excluding carboxylic acids is 1. The third-order valence-electron chi connectivity index (χ3n) is 2.77. The maximum absolute atomic E-state index is 12.4. The topological polar surface area (TPSA) is 29.5 Å². The zero-order valence-corrected chi connectivity index (χ0v) is 10.7. The van der Waals surface area contributed by atoms with Crippen molar-refractivity contribution in [2.24, 2.45) is 5.92 Å². The van der Waals surface area contributed by atoms with E-state index in [0.29, 0.717) is 13.0 Å². The van der Waals surface area contributed by atoms with Gasteiger partial charge in [-0.05, 0) is 19.9 Å². The molecule has 0 spiro atoms. The molecule has 6 heteroatoms. The molecule has 0 aliphatic heterocycles. The lowest BCUT2D eigenvalue weighted by atomic mass is 10.0. The maximum Gasteiger partial charge on any atom is 0.401 e. The lowest BCUT2D eigenvalue weighted by molar-refractivity contribution is -0.160. The van der Waals surface area contributed by atoms with Gasteiger partial charge < -0.3 is 4.74 Å². The summed E-state index contributed by atoms with van der Waals surface area (Å²) in [7, 11) is 1.24. The molecule has 102 valence electrons. The first-order chi connectivity index (χ1) is 7.72. The van der Waals surface area contributed by atoms with Gasteiger partial charge in [-0.25, -0.2) is 0 Å². The smallest absolute Gasteiger partial charge is 0.401 e. The van der Waals surface area contributed by atoms with E-state index in [-0.39, 0.29) is 0 Å². The summed E-state index contributed by atoms with van der Waals surface area (Å²) in [6.45, 7) is 4.31. The van der Waals surface area contributed by atoms with Gasteiger partial charge in [-0.1, -0.05) is 13.8 Å². The monoisotopic (exact) mass is 255 g/mol. The largest absolute Gasteiger partial charge is 0.469 e.